The molecule has 0 amide bonds. The van der Waals surface area contributed by atoms with Crippen molar-refractivity contribution in [2.24, 2.45) is 5.73 Å². The van der Waals surface area contributed by atoms with Gasteiger partial charge in [0.1, 0.15) is 6.04 Å². The molecule has 0 unspecified atom stereocenters. The number of benzene rings is 1. The Labute approximate surface area is 131 Å². The summed E-state index contributed by atoms with van der Waals surface area (Å²) >= 11 is 0. The standard InChI is InChI=1S/C16H15F3N2O2/c17-16(18,19)10-23-15(22)14(20)7-11-6-13(9-21-8-11)12-4-2-1-3-5-12/h1-6,8-9,14H,7,10,20H2/t14-/m0/s1. The van der Waals surface area contributed by atoms with E-state index in [1.54, 1.807) is 12.3 Å². The maximum atomic E-state index is 12.0. The molecule has 0 spiro atoms. The molecular weight excluding hydrogens is 309 g/mol. The maximum Gasteiger partial charge on any atom is 0.422 e. The molecule has 1 aromatic carbocycles. The number of nitrogens with zero attached hydrogens (tertiary/aromatic N) is 1. The normalized spacial score (nSPS) is 12.7. The lowest BCUT2D eigenvalue weighted by molar-refractivity contribution is -0.187. The molecule has 0 aliphatic heterocycles. The number of halogens is 3. The van der Waals surface area contributed by atoms with Gasteiger partial charge in [0.15, 0.2) is 6.61 Å². The van der Waals surface area contributed by atoms with Crippen molar-refractivity contribution >= 4 is 5.97 Å². The molecule has 0 saturated heterocycles. The molecule has 23 heavy (non-hydrogen) atoms. The Hall–Kier alpha value is -2.41. The fraction of sp³-hybridized carbons (Fsp3) is 0.250. The molecule has 122 valence electrons. The van der Waals surface area contributed by atoms with E-state index in [-0.39, 0.29) is 6.42 Å². The highest BCUT2D eigenvalue weighted by atomic mass is 19.4. The summed E-state index contributed by atoms with van der Waals surface area (Å²) in [4.78, 5) is 15.6. The van der Waals surface area contributed by atoms with E-state index < -0.39 is 24.8 Å². The largest absolute Gasteiger partial charge is 0.455 e. The molecule has 0 radical (unpaired) electrons. The zero-order chi connectivity index (χ0) is 16.9. The van der Waals surface area contributed by atoms with E-state index in [2.05, 4.69) is 9.72 Å². The number of hydrogen-bond donors (Lipinski definition) is 1. The quantitative estimate of drug-likeness (QED) is 0.859. The average molecular weight is 324 g/mol. The van der Waals surface area contributed by atoms with Gasteiger partial charge in [-0.25, -0.2) is 0 Å². The summed E-state index contributed by atoms with van der Waals surface area (Å²) in [7, 11) is 0. The Kier molecular flexibility index (Phi) is 5.33. The lowest BCUT2D eigenvalue weighted by atomic mass is 10.0. The van der Waals surface area contributed by atoms with Crippen molar-refractivity contribution in [1.29, 1.82) is 0 Å². The van der Waals surface area contributed by atoms with Crippen LogP contribution in [0, 0.1) is 0 Å². The second-order valence-corrected chi connectivity index (χ2v) is 4.98. The lowest BCUT2D eigenvalue weighted by Crippen LogP contribution is -2.36. The third-order valence-electron chi connectivity index (χ3n) is 3.04. The van der Waals surface area contributed by atoms with Gasteiger partial charge < -0.3 is 10.5 Å². The summed E-state index contributed by atoms with van der Waals surface area (Å²) in [6.45, 7) is -1.64. The van der Waals surface area contributed by atoms with Crippen molar-refractivity contribution < 1.29 is 22.7 Å². The molecule has 1 aromatic heterocycles. The molecule has 0 aliphatic rings. The number of pyridine rings is 1. The minimum absolute atomic E-state index is 0.0460. The average Bonchev–Trinajstić information content (AvgIpc) is 2.53. The second-order valence-electron chi connectivity index (χ2n) is 4.98. The fourth-order valence-electron chi connectivity index (χ4n) is 1.98. The fourth-order valence-corrected chi connectivity index (χ4v) is 1.98. The van der Waals surface area contributed by atoms with Crippen molar-refractivity contribution in [3.05, 3.63) is 54.4 Å². The van der Waals surface area contributed by atoms with E-state index in [1.165, 1.54) is 6.20 Å². The number of carbonyl (C=O) groups excluding carboxylic acids is 1. The number of nitrogens with two attached hydrogens (primary N) is 1. The summed E-state index contributed by atoms with van der Waals surface area (Å²) in [5, 5.41) is 0. The van der Waals surface area contributed by atoms with Gasteiger partial charge in [0, 0.05) is 18.0 Å². The van der Waals surface area contributed by atoms with Crippen LogP contribution in [-0.4, -0.2) is 29.8 Å². The van der Waals surface area contributed by atoms with Crippen LogP contribution in [0.15, 0.2) is 48.8 Å². The molecule has 0 fully saturated rings. The van der Waals surface area contributed by atoms with Crippen molar-refractivity contribution in [3.63, 3.8) is 0 Å². The number of esters is 1. The molecule has 0 bridgehead atoms. The van der Waals surface area contributed by atoms with Crippen LogP contribution in [0.25, 0.3) is 11.1 Å². The molecule has 2 aromatic rings. The van der Waals surface area contributed by atoms with Gasteiger partial charge in [-0.2, -0.15) is 13.2 Å². The molecular formula is C16H15F3N2O2. The number of aromatic nitrogens is 1. The molecule has 2 rings (SSSR count). The second kappa shape index (κ2) is 7.23. The van der Waals surface area contributed by atoms with E-state index in [4.69, 9.17) is 5.73 Å². The summed E-state index contributed by atoms with van der Waals surface area (Å²) in [5.41, 5.74) is 8.01. The van der Waals surface area contributed by atoms with Crippen molar-refractivity contribution in [1.82, 2.24) is 4.98 Å². The van der Waals surface area contributed by atoms with Crippen LogP contribution in [0.5, 0.6) is 0 Å². The van der Waals surface area contributed by atoms with Gasteiger partial charge in [0.05, 0.1) is 0 Å². The minimum Gasteiger partial charge on any atom is -0.455 e. The summed E-state index contributed by atoms with van der Waals surface area (Å²) in [6, 6.07) is 10.1. The first-order valence-corrected chi connectivity index (χ1v) is 6.83. The smallest absolute Gasteiger partial charge is 0.422 e. The highest BCUT2D eigenvalue weighted by Crippen LogP contribution is 2.19. The van der Waals surface area contributed by atoms with Gasteiger partial charge in [-0.15, -0.1) is 0 Å². The maximum absolute atomic E-state index is 12.0. The number of ether oxygens (including phenoxy) is 1. The molecule has 0 saturated carbocycles. The van der Waals surface area contributed by atoms with Crippen LogP contribution in [-0.2, 0) is 16.0 Å². The first kappa shape index (κ1) is 17.0. The van der Waals surface area contributed by atoms with Crippen molar-refractivity contribution in [3.8, 4) is 11.1 Å². The zero-order valence-corrected chi connectivity index (χ0v) is 12.1. The monoisotopic (exact) mass is 324 g/mol. The van der Waals surface area contributed by atoms with E-state index in [9.17, 15) is 18.0 Å². The molecule has 0 aliphatic carbocycles. The van der Waals surface area contributed by atoms with Gasteiger partial charge >= 0.3 is 12.1 Å². The molecule has 7 heteroatoms. The van der Waals surface area contributed by atoms with E-state index in [0.717, 1.165) is 11.1 Å². The Bertz CT molecular complexity index is 660. The topological polar surface area (TPSA) is 65.2 Å². The molecule has 2 N–H and O–H groups in total. The van der Waals surface area contributed by atoms with Gasteiger partial charge in [0.2, 0.25) is 0 Å². The van der Waals surface area contributed by atoms with Crippen molar-refractivity contribution in [2.45, 2.75) is 18.6 Å². The molecule has 1 heterocycles. The Morgan fingerprint density at radius 3 is 2.52 bits per heavy atom. The van der Waals surface area contributed by atoms with Crippen LogP contribution in [0.2, 0.25) is 0 Å². The highest BCUT2D eigenvalue weighted by Gasteiger charge is 2.30. The van der Waals surface area contributed by atoms with Crippen LogP contribution >= 0.6 is 0 Å². The number of alkyl halides is 3. The molecule has 1 atom stereocenters. The number of carbonyl (C=O) groups is 1. The van der Waals surface area contributed by atoms with Gasteiger partial charge in [-0.3, -0.25) is 9.78 Å². The lowest BCUT2D eigenvalue weighted by Gasteiger charge is -2.13. The van der Waals surface area contributed by atoms with E-state index in [0.29, 0.717) is 5.56 Å². The van der Waals surface area contributed by atoms with E-state index in [1.807, 2.05) is 30.3 Å². The molecule has 4 nitrogen and oxygen atoms in total. The summed E-state index contributed by atoms with van der Waals surface area (Å²) < 4.78 is 40.2. The first-order valence-electron chi connectivity index (χ1n) is 6.83. The van der Waals surface area contributed by atoms with Gasteiger partial charge in [-0.05, 0) is 23.6 Å². The number of hydrogen-bond acceptors (Lipinski definition) is 4. The predicted octanol–water partition coefficient (Wildman–Crippen LogP) is 2.72. The number of rotatable bonds is 5. The highest BCUT2D eigenvalue weighted by molar-refractivity contribution is 5.76. The SMILES string of the molecule is N[C@@H](Cc1cncc(-c2ccccc2)c1)C(=O)OCC(F)(F)F. The summed E-state index contributed by atoms with van der Waals surface area (Å²) in [5.74, 6) is -1.09. The minimum atomic E-state index is -4.57. The third-order valence-corrected chi connectivity index (χ3v) is 3.04. The van der Waals surface area contributed by atoms with Crippen LogP contribution in [0.4, 0.5) is 13.2 Å². The Morgan fingerprint density at radius 2 is 1.87 bits per heavy atom. The van der Waals surface area contributed by atoms with Crippen LogP contribution < -0.4 is 5.73 Å². The first-order chi connectivity index (χ1) is 10.8. The van der Waals surface area contributed by atoms with Gasteiger partial charge in [-0.1, -0.05) is 30.3 Å². The predicted molar refractivity (Wildman–Crippen MR) is 78.4 cm³/mol. The zero-order valence-electron chi connectivity index (χ0n) is 12.1. The third kappa shape index (κ3) is 5.37. The Balaban J connectivity index is 2.01. The Morgan fingerprint density at radius 1 is 1.17 bits per heavy atom. The van der Waals surface area contributed by atoms with Gasteiger partial charge in [0.25, 0.3) is 0 Å². The van der Waals surface area contributed by atoms with E-state index >= 15 is 0 Å². The van der Waals surface area contributed by atoms with Crippen molar-refractivity contribution in [2.75, 3.05) is 6.61 Å². The summed E-state index contributed by atoms with van der Waals surface area (Å²) in [6.07, 6.45) is -1.34. The van der Waals surface area contributed by atoms with Crippen LogP contribution in [0.3, 0.4) is 0 Å². The van der Waals surface area contributed by atoms with Crippen LogP contribution in [0.1, 0.15) is 5.56 Å².